The van der Waals surface area contributed by atoms with Crippen molar-refractivity contribution in [3.63, 3.8) is 0 Å². The number of hydrogen-bond acceptors (Lipinski definition) is 2. The highest BCUT2D eigenvalue weighted by Crippen LogP contribution is 2.07. The summed E-state index contributed by atoms with van der Waals surface area (Å²) in [5.74, 6) is -0.976. The van der Waals surface area contributed by atoms with Crippen LogP contribution < -0.4 is 11.5 Å². The first-order valence-electron chi connectivity index (χ1n) is 4.63. The van der Waals surface area contributed by atoms with Crippen LogP contribution in [-0.2, 0) is 9.59 Å². The van der Waals surface area contributed by atoms with Gasteiger partial charge < -0.3 is 11.5 Å². The first kappa shape index (κ1) is 11.7. The van der Waals surface area contributed by atoms with E-state index in [1.807, 2.05) is 0 Å². The normalized spacial score (nSPS) is 11.0. The summed E-state index contributed by atoms with van der Waals surface area (Å²) >= 11 is 0. The molecule has 0 fully saturated rings. The Morgan fingerprint density at radius 2 is 1.12 bits per heavy atom. The predicted molar refractivity (Wildman–Crippen MR) is 62.9 cm³/mol. The largest absolute Gasteiger partial charge is 0.366 e. The number of hydrogen-bond donors (Lipinski definition) is 2. The molecule has 4 nitrogen and oxygen atoms in total. The van der Waals surface area contributed by atoms with Crippen molar-refractivity contribution in [1.29, 1.82) is 0 Å². The lowest BCUT2D eigenvalue weighted by Crippen LogP contribution is -2.05. The Morgan fingerprint density at radius 3 is 1.38 bits per heavy atom. The summed E-state index contributed by atoms with van der Waals surface area (Å²) in [6.07, 6.45) is 5.80. The van der Waals surface area contributed by atoms with E-state index in [1.165, 1.54) is 12.2 Å². The van der Waals surface area contributed by atoms with Gasteiger partial charge in [-0.1, -0.05) is 24.3 Å². The van der Waals surface area contributed by atoms with Gasteiger partial charge in [-0.05, 0) is 23.3 Å². The molecule has 2 amide bonds. The highest BCUT2D eigenvalue weighted by molar-refractivity contribution is 5.91. The molecule has 1 aromatic carbocycles. The highest BCUT2D eigenvalue weighted by atomic mass is 16.1. The zero-order valence-electron chi connectivity index (χ0n) is 8.59. The Balaban J connectivity index is 2.75. The van der Waals surface area contributed by atoms with Gasteiger partial charge in [0.15, 0.2) is 0 Å². The SMILES string of the molecule is NC(=O)/C=C/c1ccc(/C=C/C(N)=O)cc1. The zero-order valence-corrected chi connectivity index (χ0v) is 8.59. The molecule has 82 valence electrons. The Morgan fingerprint density at radius 1 is 0.812 bits per heavy atom. The Hall–Kier alpha value is -2.36. The molecule has 0 heterocycles. The van der Waals surface area contributed by atoms with E-state index < -0.39 is 11.8 Å². The van der Waals surface area contributed by atoms with Crippen LogP contribution in [0.4, 0.5) is 0 Å². The van der Waals surface area contributed by atoms with Gasteiger partial charge in [-0.2, -0.15) is 0 Å². The molecule has 0 saturated heterocycles. The van der Waals surface area contributed by atoms with E-state index in [9.17, 15) is 9.59 Å². The van der Waals surface area contributed by atoms with Gasteiger partial charge in [-0.15, -0.1) is 0 Å². The summed E-state index contributed by atoms with van der Waals surface area (Å²) in [6.45, 7) is 0. The number of nitrogens with two attached hydrogens (primary N) is 2. The maximum atomic E-state index is 10.5. The van der Waals surface area contributed by atoms with Crippen LogP contribution in [0.1, 0.15) is 11.1 Å². The van der Waals surface area contributed by atoms with Gasteiger partial charge in [0.2, 0.25) is 11.8 Å². The maximum Gasteiger partial charge on any atom is 0.241 e. The van der Waals surface area contributed by atoms with Gasteiger partial charge in [-0.3, -0.25) is 9.59 Å². The maximum absolute atomic E-state index is 10.5. The van der Waals surface area contributed by atoms with Gasteiger partial charge in [0.1, 0.15) is 0 Å². The number of amides is 2. The third-order valence-corrected chi connectivity index (χ3v) is 1.82. The van der Waals surface area contributed by atoms with Crippen LogP contribution in [0.3, 0.4) is 0 Å². The predicted octanol–water partition coefficient (Wildman–Crippen LogP) is 0.684. The summed E-state index contributed by atoms with van der Waals surface area (Å²) in [5, 5.41) is 0. The van der Waals surface area contributed by atoms with Crippen molar-refractivity contribution in [1.82, 2.24) is 0 Å². The number of carbonyl (C=O) groups excluding carboxylic acids is 2. The monoisotopic (exact) mass is 216 g/mol. The molecule has 0 bridgehead atoms. The lowest BCUT2D eigenvalue weighted by atomic mass is 10.1. The molecule has 0 saturated carbocycles. The van der Waals surface area contributed by atoms with E-state index in [1.54, 1.807) is 36.4 Å². The molecular weight excluding hydrogens is 204 g/mol. The molecule has 0 atom stereocenters. The van der Waals surface area contributed by atoms with Gasteiger partial charge in [0.05, 0.1) is 0 Å². The van der Waals surface area contributed by atoms with Gasteiger partial charge in [-0.25, -0.2) is 0 Å². The van der Waals surface area contributed by atoms with Gasteiger partial charge >= 0.3 is 0 Å². The fraction of sp³-hybridized carbons (Fsp3) is 0. The molecular formula is C12H12N2O2. The van der Waals surface area contributed by atoms with E-state index in [0.29, 0.717) is 0 Å². The summed E-state index contributed by atoms with van der Waals surface area (Å²) in [5.41, 5.74) is 11.6. The molecule has 0 aliphatic carbocycles. The molecule has 16 heavy (non-hydrogen) atoms. The zero-order chi connectivity index (χ0) is 12.0. The minimum atomic E-state index is -0.488. The molecule has 0 radical (unpaired) electrons. The van der Waals surface area contributed by atoms with Crippen LogP contribution >= 0.6 is 0 Å². The molecule has 0 aliphatic rings. The van der Waals surface area contributed by atoms with Crippen molar-refractivity contribution in [3.05, 3.63) is 47.5 Å². The fourth-order valence-electron chi connectivity index (χ4n) is 1.07. The summed E-state index contributed by atoms with van der Waals surface area (Å²) in [7, 11) is 0. The minimum Gasteiger partial charge on any atom is -0.366 e. The van der Waals surface area contributed by atoms with Crippen LogP contribution in [0, 0.1) is 0 Å². The fourth-order valence-corrected chi connectivity index (χ4v) is 1.07. The van der Waals surface area contributed by atoms with E-state index in [-0.39, 0.29) is 0 Å². The van der Waals surface area contributed by atoms with Crippen molar-refractivity contribution >= 4 is 24.0 Å². The molecule has 4 heteroatoms. The lowest BCUT2D eigenvalue weighted by Gasteiger charge is -1.95. The van der Waals surface area contributed by atoms with Crippen molar-refractivity contribution in [3.8, 4) is 0 Å². The van der Waals surface area contributed by atoms with Crippen LogP contribution in [0.15, 0.2) is 36.4 Å². The molecule has 0 aromatic heterocycles. The highest BCUT2D eigenvalue weighted by Gasteiger charge is 1.90. The van der Waals surface area contributed by atoms with Crippen LogP contribution in [0.25, 0.3) is 12.2 Å². The standard InChI is InChI=1S/C12H12N2O2/c13-11(15)7-5-9-1-2-10(4-3-9)6-8-12(14)16/h1-8H,(H2,13,15)(H2,14,16)/b7-5+,8-6+. The molecule has 0 spiro atoms. The average molecular weight is 216 g/mol. The van der Waals surface area contributed by atoms with Gasteiger partial charge in [0.25, 0.3) is 0 Å². The number of benzene rings is 1. The topological polar surface area (TPSA) is 86.2 Å². The Labute approximate surface area is 93.2 Å². The summed E-state index contributed by atoms with van der Waals surface area (Å²) in [6, 6.07) is 7.22. The quantitative estimate of drug-likeness (QED) is 0.725. The molecule has 0 aliphatic heterocycles. The minimum absolute atomic E-state index is 0.488. The Kier molecular flexibility index (Phi) is 4.03. The van der Waals surface area contributed by atoms with E-state index in [4.69, 9.17) is 11.5 Å². The second-order valence-corrected chi connectivity index (χ2v) is 3.14. The summed E-state index contributed by atoms with van der Waals surface area (Å²) < 4.78 is 0. The number of primary amides is 2. The van der Waals surface area contributed by atoms with Crippen molar-refractivity contribution in [2.45, 2.75) is 0 Å². The third kappa shape index (κ3) is 4.23. The van der Waals surface area contributed by atoms with Crippen molar-refractivity contribution in [2.24, 2.45) is 11.5 Å². The summed E-state index contributed by atoms with van der Waals surface area (Å²) in [4.78, 5) is 21.0. The smallest absolute Gasteiger partial charge is 0.241 e. The molecule has 4 N–H and O–H groups in total. The van der Waals surface area contributed by atoms with E-state index >= 15 is 0 Å². The lowest BCUT2D eigenvalue weighted by molar-refractivity contribution is -0.114. The average Bonchev–Trinajstić information content (AvgIpc) is 2.25. The number of carbonyl (C=O) groups is 2. The molecule has 1 rings (SSSR count). The van der Waals surface area contributed by atoms with Crippen molar-refractivity contribution < 1.29 is 9.59 Å². The van der Waals surface area contributed by atoms with Crippen LogP contribution in [0.2, 0.25) is 0 Å². The molecule has 1 aromatic rings. The number of rotatable bonds is 4. The van der Waals surface area contributed by atoms with Crippen LogP contribution in [0.5, 0.6) is 0 Å². The van der Waals surface area contributed by atoms with Crippen molar-refractivity contribution in [2.75, 3.05) is 0 Å². The molecule has 0 unspecified atom stereocenters. The third-order valence-electron chi connectivity index (χ3n) is 1.82. The Bertz CT molecular complexity index is 402. The van der Waals surface area contributed by atoms with Crippen LogP contribution in [-0.4, -0.2) is 11.8 Å². The first-order chi connectivity index (χ1) is 7.58. The van der Waals surface area contributed by atoms with E-state index in [2.05, 4.69) is 0 Å². The first-order valence-corrected chi connectivity index (χ1v) is 4.63. The second-order valence-electron chi connectivity index (χ2n) is 3.14. The second kappa shape index (κ2) is 5.50. The van der Waals surface area contributed by atoms with E-state index in [0.717, 1.165) is 11.1 Å². The van der Waals surface area contributed by atoms with Gasteiger partial charge in [0, 0.05) is 12.2 Å².